The number of hydrogen-bond acceptors (Lipinski definition) is 5. The molecule has 0 spiro atoms. The normalized spacial score (nSPS) is 17.8. The molecular formula is C20H24N6. The van der Waals surface area contributed by atoms with E-state index in [0.717, 1.165) is 62.3 Å². The Hall–Kier alpha value is -2.47. The van der Waals surface area contributed by atoms with Gasteiger partial charge < -0.3 is 4.90 Å². The first kappa shape index (κ1) is 15.8. The molecule has 0 saturated carbocycles. The lowest BCUT2D eigenvalue weighted by Gasteiger charge is -2.27. The molecule has 26 heavy (non-hydrogen) atoms. The molecule has 2 aliphatic rings. The Morgan fingerprint density at radius 1 is 1.00 bits per heavy atom. The van der Waals surface area contributed by atoms with Crippen LogP contribution < -0.4 is 4.90 Å². The molecule has 0 bridgehead atoms. The minimum absolute atomic E-state index is 0.722. The molecule has 0 N–H and O–H groups in total. The van der Waals surface area contributed by atoms with Crippen LogP contribution in [-0.2, 0) is 19.5 Å². The fourth-order valence-electron chi connectivity index (χ4n) is 4.14. The van der Waals surface area contributed by atoms with Crippen molar-refractivity contribution in [1.29, 1.82) is 0 Å². The van der Waals surface area contributed by atoms with Gasteiger partial charge in [0, 0.05) is 37.9 Å². The van der Waals surface area contributed by atoms with Crippen molar-refractivity contribution < 1.29 is 0 Å². The molecule has 1 fully saturated rings. The van der Waals surface area contributed by atoms with Crippen molar-refractivity contribution in [1.82, 2.24) is 24.5 Å². The summed E-state index contributed by atoms with van der Waals surface area (Å²) in [5.74, 6) is 2.72. The molecule has 6 heteroatoms. The maximum atomic E-state index is 4.81. The molecule has 1 aromatic carbocycles. The van der Waals surface area contributed by atoms with Gasteiger partial charge in [0.15, 0.2) is 5.82 Å². The quantitative estimate of drug-likeness (QED) is 0.728. The zero-order chi connectivity index (χ0) is 17.5. The predicted molar refractivity (Wildman–Crippen MR) is 101 cm³/mol. The highest BCUT2D eigenvalue weighted by atomic mass is 15.4. The molecule has 3 aromatic rings. The Morgan fingerprint density at radius 2 is 1.81 bits per heavy atom. The van der Waals surface area contributed by atoms with Crippen LogP contribution in [0.3, 0.4) is 0 Å². The maximum absolute atomic E-state index is 4.81. The summed E-state index contributed by atoms with van der Waals surface area (Å²) < 4.78 is 1.94. The van der Waals surface area contributed by atoms with Gasteiger partial charge in [0.05, 0.1) is 6.54 Å². The van der Waals surface area contributed by atoms with Crippen LogP contribution in [0.5, 0.6) is 0 Å². The molecule has 5 rings (SSSR count). The summed E-state index contributed by atoms with van der Waals surface area (Å²) in [5, 5.41) is 4.81. The van der Waals surface area contributed by atoms with Gasteiger partial charge in [0.2, 0.25) is 0 Å². The number of nitrogens with zero attached hydrogens (tertiary/aromatic N) is 6. The van der Waals surface area contributed by atoms with Crippen LogP contribution in [0.4, 0.5) is 5.82 Å². The molecule has 0 unspecified atom stereocenters. The van der Waals surface area contributed by atoms with Crippen LogP contribution in [-0.4, -0.2) is 44.1 Å². The topological polar surface area (TPSA) is 49.6 Å². The van der Waals surface area contributed by atoms with Crippen molar-refractivity contribution >= 4 is 11.6 Å². The van der Waals surface area contributed by atoms with Crippen molar-refractivity contribution in [2.45, 2.75) is 39.3 Å². The van der Waals surface area contributed by atoms with Gasteiger partial charge in [-0.25, -0.2) is 4.98 Å². The predicted octanol–water partition coefficient (Wildman–Crippen LogP) is 2.59. The van der Waals surface area contributed by atoms with Crippen LogP contribution in [0.15, 0.2) is 30.3 Å². The van der Waals surface area contributed by atoms with E-state index in [1.54, 1.807) is 0 Å². The van der Waals surface area contributed by atoms with E-state index in [2.05, 4.69) is 45.1 Å². The first-order chi connectivity index (χ1) is 12.8. The highest BCUT2D eigenvalue weighted by Crippen LogP contribution is 2.23. The van der Waals surface area contributed by atoms with Crippen LogP contribution in [0.1, 0.15) is 35.5 Å². The average Bonchev–Trinajstić information content (AvgIpc) is 3.30. The monoisotopic (exact) mass is 348 g/mol. The lowest BCUT2D eigenvalue weighted by atomic mass is 10.00. The zero-order valence-electron chi connectivity index (χ0n) is 15.2. The van der Waals surface area contributed by atoms with E-state index in [4.69, 9.17) is 10.1 Å². The van der Waals surface area contributed by atoms with Crippen LogP contribution in [0.25, 0.3) is 5.78 Å². The molecule has 134 valence electrons. The van der Waals surface area contributed by atoms with Crippen LogP contribution in [0.2, 0.25) is 0 Å². The molecular weight excluding hydrogens is 324 g/mol. The Morgan fingerprint density at radius 3 is 2.65 bits per heavy atom. The highest BCUT2D eigenvalue weighted by molar-refractivity contribution is 5.48. The minimum Gasteiger partial charge on any atom is -0.356 e. The fourth-order valence-corrected chi connectivity index (χ4v) is 4.14. The van der Waals surface area contributed by atoms with Gasteiger partial charge in [0.25, 0.3) is 5.78 Å². The van der Waals surface area contributed by atoms with Crippen molar-refractivity contribution in [3.8, 4) is 0 Å². The second-order valence-corrected chi connectivity index (χ2v) is 7.42. The van der Waals surface area contributed by atoms with Gasteiger partial charge in [-0.2, -0.15) is 9.50 Å². The third-order valence-corrected chi connectivity index (χ3v) is 5.47. The summed E-state index contributed by atoms with van der Waals surface area (Å²) in [5.41, 5.74) is 3.90. The number of benzene rings is 1. The molecule has 4 heterocycles. The molecule has 6 nitrogen and oxygen atoms in total. The fraction of sp³-hybridized carbons (Fsp3) is 0.450. The Bertz CT molecular complexity index is 941. The Kier molecular flexibility index (Phi) is 3.85. The molecule has 1 saturated heterocycles. The van der Waals surface area contributed by atoms with Crippen molar-refractivity contribution in [3.63, 3.8) is 0 Å². The summed E-state index contributed by atoms with van der Waals surface area (Å²) >= 11 is 0. The molecule has 0 atom stereocenters. The minimum atomic E-state index is 0.722. The van der Waals surface area contributed by atoms with Gasteiger partial charge in [-0.1, -0.05) is 24.3 Å². The zero-order valence-corrected chi connectivity index (χ0v) is 15.2. The number of hydrogen-bond donors (Lipinski definition) is 0. The second kappa shape index (κ2) is 6.36. The summed E-state index contributed by atoms with van der Waals surface area (Å²) in [6, 6.07) is 10.9. The Balaban J connectivity index is 1.42. The van der Waals surface area contributed by atoms with Gasteiger partial charge in [-0.15, -0.1) is 5.10 Å². The van der Waals surface area contributed by atoms with E-state index in [1.165, 1.54) is 24.0 Å². The molecule has 0 aliphatic carbocycles. The first-order valence-corrected chi connectivity index (χ1v) is 9.54. The van der Waals surface area contributed by atoms with Crippen LogP contribution in [0, 0.1) is 6.92 Å². The summed E-state index contributed by atoms with van der Waals surface area (Å²) in [7, 11) is 0. The number of aryl methyl sites for hydroxylation is 1. The van der Waals surface area contributed by atoms with E-state index in [0.29, 0.717) is 0 Å². The molecule has 2 aliphatic heterocycles. The number of rotatable bonds is 3. The van der Waals surface area contributed by atoms with Gasteiger partial charge >= 0.3 is 0 Å². The van der Waals surface area contributed by atoms with E-state index < -0.39 is 0 Å². The summed E-state index contributed by atoms with van der Waals surface area (Å²) in [6.45, 7) is 7.02. The summed E-state index contributed by atoms with van der Waals surface area (Å²) in [4.78, 5) is 14.2. The van der Waals surface area contributed by atoms with E-state index in [-0.39, 0.29) is 0 Å². The van der Waals surface area contributed by atoms with Crippen LogP contribution >= 0.6 is 0 Å². The van der Waals surface area contributed by atoms with Gasteiger partial charge in [-0.05, 0) is 37.3 Å². The van der Waals surface area contributed by atoms with Crippen molar-refractivity contribution in [2.75, 3.05) is 24.5 Å². The third kappa shape index (κ3) is 2.84. The first-order valence-electron chi connectivity index (χ1n) is 9.54. The molecule has 0 amide bonds. The second-order valence-electron chi connectivity index (χ2n) is 7.42. The lowest BCUT2D eigenvalue weighted by molar-refractivity contribution is 0.239. The largest absolute Gasteiger partial charge is 0.356 e. The van der Waals surface area contributed by atoms with Crippen molar-refractivity contribution in [2.24, 2.45) is 0 Å². The standard InChI is InChI=1S/C20H24N6/c1-15-12-19(25-9-4-5-10-25)26-20(21-15)22-18(23-26)14-24-11-8-16-6-2-3-7-17(16)13-24/h2-3,6-7,12H,4-5,8-11,13-14H2,1H3. The molecule has 2 aromatic heterocycles. The molecule has 0 radical (unpaired) electrons. The van der Waals surface area contributed by atoms with Crippen molar-refractivity contribution in [3.05, 3.63) is 53.0 Å². The third-order valence-electron chi connectivity index (χ3n) is 5.47. The van der Waals surface area contributed by atoms with Gasteiger partial charge in [-0.3, -0.25) is 4.90 Å². The van der Waals surface area contributed by atoms with E-state index >= 15 is 0 Å². The van der Waals surface area contributed by atoms with E-state index in [9.17, 15) is 0 Å². The smallest absolute Gasteiger partial charge is 0.254 e. The number of fused-ring (bicyclic) bond motifs is 2. The number of anilines is 1. The maximum Gasteiger partial charge on any atom is 0.254 e. The summed E-state index contributed by atoms with van der Waals surface area (Å²) in [6.07, 6.45) is 3.59. The average molecular weight is 348 g/mol. The Labute approximate surface area is 153 Å². The SMILES string of the molecule is Cc1cc(N2CCCC2)n2nc(CN3CCc4ccccc4C3)nc2n1. The highest BCUT2D eigenvalue weighted by Gasteiger charge is 2.21. The number of aromatic nitrogens is 4. The lowest BCUT2D eigenvalue weighted by Crippen LogP contribution is -2.30. The van der Waals surface area contributed by atoms with E-state index in [1.807, 2.05) is 11.4 Å². The van der Waals surface area contributed by atoms with Gasteiger partial charge in [0.1, 0.15) is 5.82 Å².